The third-order valence-electron chi connectivity index (χ3n) is 2.42. The lowest BCUT2D eigenvalue weighted by molar-refractivity contribution is -0.119. The average molecular weight is 170 g/mol. The van der Waals surface area contributed by atoms with E-state index in [1.165, 1.54) is 0 Å². The van der Waals surface area contributed by atoms with Crippen LogP contribution < -0.4 is 0 Å². The molecule has 4 nitrogen and oxygen atoms in total. The molecule has 0 aromatic rings. The zero-order valence-corrected chi connectivity index (χ0v) is 7.11. The summed E-state index contributed by atoms with van der Waals surface area (Å²) in [6.07, 6.45) is 1.41. The third-order valence-corrected chi connectivity index (χ3v) is 2.42. The SMILES string of the molecule is O=CN1CCN(CC2CO2)CC1. The first-order valence-electron chi connectivity index (χ1n) is 4.42. The molecule has 2 rings (SSSR count). The molecule has 2 heterocycles. The standard InChI is InChI=1S/C8H14N2O2/c11-7-10-3-1-9(2-4-10)5-8-6-12-8/h7-8H,1-6H2. The Balaban J connectivity index is 1.70. The van der Waals surface area contributed by atoms with Crippen molar-refractivity contribution in [2.45, 2.75) is 6.10 Å². The highest BCUT2D eigenvalue weighted by atomic mass is 16.6. The number of rotatable bonds is 3. The maximum absolute atomic E-state index is 10.4. The van der Waals surface area contributed by atoms with Gasteiger partial charge < -0.3 is 9.64 Å². The van der Waals surface area contributed by atoms with Gasteiger partial charge in [-0.15, -0.1) is 0 Å². The lowest BCUT2D eigenvalue weighted by atomic mass is 10.3. The minimum atomic E-state index is 0.479. The Morgan fingerprint density at radius 1 is 1.33 bits per heavy atom. The summed E-state index contributed by atoms with van der Waals surface area (Å²) in [5.41, 5.74) is 0. The van der Waals surface area contributed by atoms with E-state index in [4.69, 9.17) is 4.74 Å². The largest absolute Gasteiger partial charge is 0.372 e. The highest BCUT2D eigenvalue weighted by molar-refractivity contribution is 5.47. The van der Waals surface area contributed by atoms with E-state index in [-0.39, 0.29) is 0 Å². The van der Waals surface area contributed by atoms with Gasteiger partial charge in [0.05, 0.1) is 12.7 Å². The van der Waals surface area contributed by atoms with Crippen LogP contribution in [-0.2, 0) is 9.53 Å². The molecule has 12 heavy (non-hydrogen) atoms. The van der Waals surface area contributed by atoms with Crippen molar-refractivity contribution in [1.82, 2.24) is 9.80 Å². The number of amides is 1. The van der Waals surface area contributed by atoms with Crippen molar-refractivity contribution >= 4 is 6.41 Å². The van der Waals surface area contributed by atoms with Crippen molar-refractivity contribution in [3.05, 3.63) is 0 Å². The van der Waals surface area contributed by atoms with Gasteiger partial charge in [-0.1, -0.05) is 0 Å². The van der Waals surface area contributed by atoms with Gasteiger partial charge in [-0.2, -0.15) is 0 Å². The molecule has 0 N–H and O–H groups in total. The lowest BCUT2D eigenvalue weighted by Crippen LogP contribution is -2.46. The number of nitrogens with zero attached hydrogens (tertiary/aromatic N) is 2. The van der Waals surface area contributed by atoms with Crippen LogP contribution in [0.1, 0.15) is 0 Å². The van der Waals surface area contributed by atoms with Crippen molar-refractivity contribution in [3.8, 4) is 0 Å². The maximum Gasteiger partial charge on any atom is 0.209 e. The van der Waals surface area contributed by atoms with Gasteiger partial charge in [0.2, 0.25) is 6.41 Å². The molecule has 0 radical (unpaired) electrons. The van der Waals surface area contributed by atoms with Gasteiger partial charge in [-0.05, 0) is 0 Å². The first kappa shape index (κ1) is 8.01. The summed E-state index contributed by atoms with van der Waals surface area (Å²) in [6.45, 7) is 5.71. The van der Waals surface area contributed by atoms with Crippen LogP contribution in [0, 0.1) is 0 Å². The molecule has 0 spiro atoms. The molecule has 0 saturated carbocycles. The fourth-order valence-corrected chi connectivity index (χ4v) is 1.51. The Bertz CT molecular complexity index is 162. The van der Waals surface area contributed by atoms with Crippen LogP contribution in [0.5, 0.6) is 0 Å². The van der Waals surface area contributed by atoms with Crippen LogP contribution in [0.15, 0.2) is 0 Å². The number of carbonyl (C=O) groups is 1. The van der Waals surface area contributed by atoms with Crippen molar-refractivity contribution in [1.29, 1.82) is 0 Å². The van der Waals surface area contributed by atoms with Gasteiger partial charge in [-0.3, -0.25) is 9.69 Å². The van der Waals surface area contributed by atoms with Crippen LogP contribution in [-0.4, -0.2) is 61.6 Å². The van der Waals surface area contributed by atoms with Gasteiger partial charge >= 0.3 is 0 Å². The van der Waals surface area contributed by atoms with Gasteiger partial charge in [-0.25, -0.2) is 0 Å². The molecule has 1 unspecified atom stereocenters. The van der Waals surface area contributed by atoms with Crippen LogP contribution in [0.4, 0.5) is 0 Å². The fraction of sp³-hybridized carbons (Fsp3) is 0.875. The topological polar surface area (TPSA) is 36.1 Å². The second-order valence-electron chi connectivity index (χ2n) is 3.40. The molecule has 0 bridgehead atoms. The Morgan fingerprint density at radius 3 is 2.50 bits per heavy atom. The van der Waals surface area contributed by atoms with Crippen LogP contribution >= 0.6 is 0 Å². The van der Waals surface area contributed by atoms with E-state index in [1.54, 1.807) is 0 Å². The highest BCUT2D eigenvalue weighted by Gasteiger charge is 2.26. The van der Waals surface area contributed by atoms with Gasteiger partial charge in [0.1, 0.15) is 0 Å². The number of carbonyl (C=O) groups excluding carboxylic acids is 1. The Labute approximate surface area is 72.1 Å². The summed E-state index contributed by atoms with van der Waals surface area (Å²) in [6, 6.07) is 0. The second kappa shape index (κ2) is 3.41. The summed E-state index contributed by atoms with van der Waals surface area (Å²) in [4.78, 5) is 14.6. The summed E-state index contributed by atoms with van der Waals surface area (Å²) >= 11 is 0. The van der Waals surface area contributed by atoms with Crippen molar-refractivity contribution in [2.75, 3.05) is 39.3 Å². The number of epoxide rings is 1. The normalized spacial score (nSPS) is 30.3. The van der Waals surface area contributed by atoms with E-state index in [9.17, 15) is 4.79 Å². The van der Waals surface area contributed by atoms with Crippen molar-refractivity contribution in [3.63, 3.8) is 0 Å². The van der Waals surface area contributed by atoms with Crippen LogP contribution in [0.3, 0.4) is 0 Å². The smallest absolute Gasteiger partial charge is 0.209 e. The summed E-state index contributed by atoms with van der Waals surface area (Å²) < 4.78 is 5.14. The van der Waals surface area contributed by atoms with Gasteiger partial charge in [0.15, 0.2) is 0 Å². The summed E-state index contributed by atoms with van der Waals surface area (Å²) in [5, 5.41) is 0. The van der Waals surface area contributed by atoms with E-state index in [0.29, 0.717) is 6.10 Å². The monoisotopic (exact) mass is 170 g/mol. The zero-order valence-electron chi connectivity index (χ0n) is 7.11. The molecular weight excluding hydrogens is 156 g/mol. The second-order valence-corrected chi connectivity index (χ2v) is 3.40. The summed E-state index contributed by atoms with van der Waals surface area (Å²) in [7, 11) is 0. The molecule has 4 heteroatoms. The van der Waals surface area contributed by atoms with E-state index in [2.05, 4.69) is 4.90 Å². The Morgan fingerprint density at radius 2 is 2.00 bits per heavy atom. The quantitative estimate of drug-likeness (QED) is 0.409. The average Bonchev–Trinajstić information content (AvgIpc) is 2.90. The molecule has 68 valence electrons. The molecule has 0 aromatic carbocycles. The number of piperazine rings is 1. The Hall–Kier alpha value is -0.610. The van der Waals surface area contributed by atoms with E-state index >= 15 is 0 Å². The molecule has 2 aliphatic rings. The summed E-state index contributed by atoms with van der Waals surface area (Å²) in [5.74, 6) is 0. The highest BCUT2D eigenvalue weighted by Crippen LogP contribution is 2.11. The minimum absolute atomic E-state index is 0.479. The Kier molecular flexibility index (Phi) is 2.28. The van der Waals surface area contributed by atoms with Crippen LogP contribution in [0.2, 0.25) is 0 Å². The molecule has 2 aliphatic heterocycles. The number of hydrogen-bond acceptors (Lipinski definition) is 3. The molecule has 1 atom stereocenters. The van der Waals surface area contributed by atoms with E-state index in [1.807, 2.05) is 4.90 Å². The van der Waals surface area contributed by atoms with Crippen LogP contribution in [0.25, 0.3) is 0 Å². The first-order chi connectivity index (χ1) is 5.88. The molecule has 2 saturated heterocycles. The van der Waals surface area contributed by atoms with Crippen molar-refractivity contribution in [2.24, 2.45) is 0 Å². The van der Waals surface area contributed by atoms with Crippen molar-refractivity contribution < 1.29 is 9.53 Å². The minimum Gasteiger partial charge on any atom is -0.372 e. The molecule has 2 fully saturated rings. The number of ether oxygens (including phenoxy) is 1. The molecule has 0 aromatic heterocycles. The molecule has 0 aliphatic carbocycles. The van der Waals surface area contributed by atoms with Gasteiger partial charge in [0, 0.05) is 32.7 Å². The van der Waals surface area contributed by atoms with E-state index < -0.39 is 0 Å². The molecule has 1 amide bonds. The maximum atomic E-state index is 10.4. The predicted molar refractivity (Wildman–Crippen MR) is 43.8 cm³/mol. The fourth-order valence-electron chi connectivity index (χ4n) is 1.51. The molecular formula is C8H14N2O2. The lowest BCUT2D eigenvalue weighted by Gasteiger charge is -2.31. The number of hydrogen-bond donors (Lipinski definition) is 0. The van der Waals surface area contributed by atoms with E-state index in [0.717, 1.165) is 45.7 Å². The zero-order chi connectivity index (χ0) is 8.39. The van der Waals surface area contributed by atoms with Gasteiger partial charge in [0.25, 0.3) is 0 Å². The first-order valence-corrected chi connectivity index (χ1v) is 4.42. The third kappa shape index (κ3) is 1.95. The predicted octanol–water partition coefficient (Wildman–Crippen LogP) is -0.841.